The number of para-hydroxylation sites is 1. The maximum Gasteiger partial charge on any atom is 0.315 e. The van der Waals surface area contributed by atoms with E-state index in [0.717, 1.165) is 30.6 Å². The van der Waals surface area contributed by atoms with Crippen LogP contribution in [0.2, 0.25) is 0 Å². The first kappa shape index (κ1) is 17.1. The zero-order chi connectivity index (χ0) is 16.8. The number of hydrogen-bond acceptors (Lipinski definition) is 3. The third-order valence-electron chi connectivity index (χ3n) is 5.24. The molecule has 24 heavy (non-hydrogen) atoms. The highest BCUT2D eigenvalue weighted by atomic mass is 16.5. The van der Waals surface area contributed by atoms with Crippen molar-refractivity contribution in [3.05, 3.63) is 29.8 Å². The second kappa shape index (κ2) is 8.38. The number of carbonyl (C=O) groups excluding carboxylic acids is 1. The van der Waals surface area contributed by atoms with E-state index in [9.17, 15) is 9.90 Å². The molecule has 0 spiro atoms. The first-order chi connectivity index (χ1) is 11.8. The first-order valence-corrected chi connectivity index (χ1v) is 9.17. The lowest BCUT2D eigenvalue weighted by Gasteiger charge is -2.32. The molecule has 5 heteroatoms. The molecular formula is C19H28N2O3. The summed E-state index contributed by atoms with van der Waals surface area (Å²) in [5.74, 6) is 1.34. The smallest absolute Gasteiger partial charge is 0.315 e. The van der Waals surface area contributed by atoms with Gasteiger partial charge in [0, 0.05) is 24.6 Å². The number of carbonyl (C=O) groups is 1. The van der Waals surface area contributed by atoms with Crippen molar-refractivity contribution in [1.29, 1.82) is 0 Å². The third-order valence-corrected chi connectivity index (χ3v) is 5.24. The van der Waals surface area contributed by atoms with Crippen LogP contribution in [-0.4, -0.2) is 30.4 Å². The van der Waals surface area contributed by atoms with Gasteiger partial charge in [-0.2, -0.15) is 0 Å². The van der Waals surface area contributed by atoms with E-state index in [2.05, 4.69) is 10.6 Å². The highest BCUT2D eigenvalue weighted by Crippen LogP contribution is 2.32. The summed E-state index contributed by atoms with van der Waals surface area (Å²) in [4.78, 5) is 12.5. The van der Waals surface area contributed by atoms with E-state index in [-0.39, 0.29) is 24.7 Å². The maximum atomic E-state index is 12.5. The molecule has 2 aliphatic rings. The van der Waals surface area contributed by atoms with Crippen LogP contribution in [0.4, 0.5) is 4.79 Å². The number of aliphatic hydroxyl groups excluding tert-OH is 1. The van der Waals surface area contributed by atoms with Crippen LogP contribution in [0.25, 0.3) is 0 Å². The van der Waals surface area contributed by atoms with E-state index >= 15 is 0 Å². The molecule has 3 rings (SSSR count). The molecule has 0 saturated heterocycles. The standard InChI is InChI=1S/C19H28N2O3/c22-12-10-16(14-6-2-1-3-7-14)20-19(23)21-17-11-13-24-18-9-5-4-8-15(17)18/h4-5,8-9,14,16-17,22H,1-3,6-7,10-13H2,(H2,20,21,23). The summed E-state index contributed by atoms with van der Waals surface area (Å²) in [7, 11) is 0. The summed E-state index contributed by atoms with van der Waals surface area (Å²) in [6.07, 6.45) is 7.43. The molecule has 2 amide bonds. The monoisotopic (exact) mass is 332 g/mol. The van der Waals surface area contributed by atoms with Gasteiger partial charge in [0.25, 0.3) is 0 Å². The molecule has 1 saturated carbocycles. The minimum absolute atomic E-state index is 0.0175. The van der Waals surface area contributed by atoms with Gasteiger partial charge in [-0.1, -0.05) is 37.5 Å². The van der Waals surface area contributed by atoms with Gasteiger partial charge < -0.3 is 20.5 Å². The molecule has 2 unspecified atom stereocenters. The number of nitrogens with one attached hydrogen (secondary N) is 2. The van der Waals surface area contributed by atoms with E-state index < -0.39 is 0 Å². The normalized spacial score (nSPS) is 22.1. The van der Waals surface area contributed by atoms with Crippen molar-refractivity contribution >= 4 is 6.03 Å². The van der Waals surface area contributed by atoms with E-state index in [1.165, 1.54) is 19.3 Å². The Labute approximate surface area is 143 Å². The summed E-state index contributed by atoms with van der Waals surface area (Å²) in [6.45, 7) is 0.728. The SMILES string of the molecule is O=C(NC1CCOc2ccccc21)NC(CCO)C1CCCCC1. The number of amides is 2. The Kier molecular flexibility index (Phi) is 5.96. The van der Waals surface area contributed by atoms with Crippen molar-refractivity contribution in [3.8, 4) is 5.75 Å². The van der Waals surface area contributed by atoms with Crippen molar-refractivity contribution in [2.24, 2.45) is 5.92 Å². The average Bonchev–Trinajstić information content (AvgIpc) is 2.62. The largest absolute Gasteiger partial charge is 0.493 e. The molecule has 1 fully saturated rings. The van der Waals surface area contributed by atoms with Gasteiger partial charge in [-0.15, -0.1) is 0 Å². The van der Waals surface area contributed by atoms with Crippen molar-refractivity contribution in [2.75, 3.05) is 13.2 Å². The Morgan fingerprint density at radius 2 is 2.00 bits per heavy atom. The predicted octanol–water partition coefficient (Wildman–Crippen LogP) is 3.14. The second-order valence-electron chi connectivity index (χ2n) is 6.86. The summed E-state index contributed by atoms with van der Waals surface area (Å²) >= 11 is 0. The molecule has 1 aliphatic carbocycles. The number of aliphatic hydroxyl groups is 1. The molecule has 0 bridgehead atoms. The fraction of sp³-hybridized carbons (Fsp3) is 0.632. The Balaban J connectivity index is 1.60. The topological polar surface area (TPSA) is 70.6 Å². The van der Waals surface area contributed by atoms with Gasteiger partial charge in [0.1, 0.15) is 5.75 Å². The number of benzene rings is 1. The summed E-state index contributed by atoms with van der Waals surface area (Å²) in [6, 6.07) is 7.77. The quantitative estimate of drug-likeness (QED) is 0.776. The van der Waals surface area contributed by atoms with E-state index in [0.29, 0.717) is 18.9 Å². The summed E-state index contributed by atoms with van der Waals surface area (Å²) < 4.78 is 5.65. The lowest BCUT2D eigenvalue weighted by atomic mass is 9.83. The zero-order valence-electron chi connectivity index (χ0n) is 14.2. The van der Waals surface area contributed by atoms with Crippen molar-refractivity contribution in [3.63, 3.8) is 0 Å². The zero-order valence-corrected chi connectivity index (χ0v) is 14.2. The number of ether oxygens (including phenoxy) is 1. The van der Waals surface area contributed by atoms with Gasteiger partial charge in [0.15, 0.2) is 0 Å². The molecule has 3 N–H and O–H groups in total. The lowest BCUT2D eigenvalue weighted by Crippen LogP contribution is -2.47. The van der Waals surface area contributed by atoms with Gasteiger partial charge >= 0.3 is 6.03 Å². The summed E-state index contributed by atoms with van der Waals surface area (Å²) in [5.41, 5.74) is 1.04. The van der Waals surface area contributed by atoms with Crippen molar-refractivity contribution in [1.82, 2.24) is 10.6 Å². The van der Waals surface area contributed by atoms with Crippen LogP contribution >= 0.6 is 0 Å². The predicted molar refractivity (Wildman–Crippen MR) is 93.0 cm³/mol. The third kappa shape index (κ3) is 4.20. The van der Waals surface area contributed by atoms with Crippen LogP contribution in [0.1, 0.15) is 56.6 Å². The fourth-order valence-corrected chi connectivity index (χ4v) is 3.96. The molecule has 132 valence electrons. The van der Waals surface area contributed by atoms with Crippen molar-refractivity contribution < 1.29 is 14.6 Å². The van der Waals surface area contributed by atoms with Gasteiger partial charge in [-0.05, 0) is 31.2 Å². The minimum Gasteiger partial charge on any atom is -0.493 e. The molecule has 1 aromatic carbocycles. The maximum absolute atomic E-state index is 12.5. The molecule has 5 nitrogen and oxygen atoms in total. The number of rotatable bonds is 5. The highest BCUT2D eigenvalue weighted by molar-refractivity contribution is 5.75. The molecule has 0 aromatic heterocycles. The first-order valence-electron chi connectivity index (χ1n) is 9.17. The summed E-state index contributed by atoms with van der Waals surface area (Å²) in [5, 5.41) is 15.5. The molecule has 2 atom stereocenters. The Bertz CT molecular complexity index is 543. The lowest BCUT2D eigenvalue weighted by molar-refractivity contribution is 0.191. The molecule has 1 heterocycles. The van der Waals surface area contributed by atoms with Crippen LogP contribution in [0.3, 0.4) is 0 Å². The van der Waals surface area contributed by atoms with Gasteiger partial charge in [0.2, 0.25) is 0 Å². The van der Waals surface area contributed by atoms with E-state index in [1.807, 2.05) is 24.3 Å². The number of hydrogen-bond donors (Lipinski definition) is 3. The van der Waals surface area contributed by atoms with Crippen LogP contribution in [0, 0.1) is 5.92 Å². The van der Waals surface area contributed by atoms with Crippen molar-refractivity contribution in [2.45, 2.75) is 57.0 Å². The second-order valence-corrected chi connectivity index (χ2v) is 6.86. The molecule has 0 radical (unpaired) electrons. The molecule has 1 aromatic rings. The fourth-order valence-electron chi connectivity index (χ4n) is 3.96. The number of urea groups is 1. The van der Waals surface area contributed by atoms with Crippen LogP contribution in [-0.2, 0) is 0 Å². The van der Waals surface area contributed by atoms with Crippen LogP contribution < -0.4 is 15.4 Å². The van der Waals surface area contributed by atoms with E-state index in [1.54, 1.807) is 0 Å². The van der Waals surface area contributed by atoms with Crippen LogP contribution in [0.15, 0.2) is 24.3 Å². The average molecular weight is 332 g/mol. The van der Waals surface area contributed by atoms with E-state index in [4.69, 9.17) is 4.74 Å². The Morgan fingerprint density at radius 3 is 2.79 bits per heavy atom. The number of fused-ring (bicyclic) bond motifs is 1. The highest BCUT2D eigenvalue weighted by Gasteiger charge is 2.27. The minimum atomic E-state index is -0.138. The van der Waals surface area contributed by atoms with Gasteiger partial charge in [-0.3, -0.25) is 0 Å². The van der Waals surface area contributed by atoms with Gasteiger partial charge in [0.05, 0.1) is 12.6 Å². The molecule has 1 aliphatic heterocycles. The van der Waals surface area contributed by atoms with Crippen LogP contribution in [0.5, 0.6) is 5.75 Å². The molecular weight excluding hydrogens is 304 g/mol. The van der Waals surface area contributed by atoms with Gasteiger partial charge in [-0.25, -0.2) is 4.79 Å². The Hall–Kier alpha value is -1.75. The Morgan fingerprint density at radius 1 is 1.21 bits per heavy atom.